The summed E-state index contributed by atoms with van der Waals surface area (Å²) in [6.07, 6.45) is -2.17. The lowest BCUT2D eigenvalue weighted by Gasteiger charge is -2.22. The number of esters is 1. The first-order valence-electron chi connectivity index (χ1n) is 10.9. The molecule has 1 saturated carbocycles. The molecule has 0 aliphatic heterocycles. The predicted molar refractivity (Wildman–Crippen MR) is 120 cm³/mol. The number of benzene rings is 2. The second-order valence-corrected chi connectivity index (χ2v) is 9.38. The van der Waals surface area contributed by atoms with Crippen molar-refractivity contribution in [1.82, 2.24) is 0 Å². The Kier molecular flexibility index (Phi) is 7.14. The second-order valence-electron chi connectivity index (χ2n) is 9.38. The van der Waals surface area contributed by atoms with E-state index >= 15 is 0 Å². The maximum Gasteiger partial charge on any atom is 0.419 e. The molecule has 6 nitrogen and oxygen atoms in total. The summed E-state index contributed by atoms with van der Waals surface area (Å²) < 4.78 is 50.7. The molecule has 0 heterocycles. The molecule has 34 heavy (non-hydrogen) atoms. The summed E-state index contributed by atoms with van der Waals surface area (Å²) >= 11 is 0. The van der Waals surface area contributed by atoms with Gasteiger partial charge < -0.3 is 19.5 Å². The van der Waals surface area contributed by atoms with Gasteiger partial charge in [-0.2, -0.15) is 13.2 Å². The Balaban J connectivity index is 1.78. The van der Waals surface area contributed by atoms with Crippen LogP contribution >= 0.6 is 0 Å². The second kappa shape index (κ2) is 9.56. The normalized spacial score (nSPS) is 14.0. The molecule has 184 valence electrons. The van der Waals surface area contributed by atoms with Crippen molar-refractivity contribution in [2.75, 3.05) is 11.9 Å². The Labute approximate surface area is 196 Å². The van der Waals surface area contributed by atoms with Crippen LogP contribution in [0.25, 0.3) is 0 Å². The maximum absolute atomic E-state index is 13.3. The van der Waals surface area contributed by atoms with E-state index in [1.54, 1.807) is 57.0 Å². The van der Waals surface area contributed by atoms with Crippen molar-refractivity contribution in [3.05, 3.63) is 53.1 Å². The van der Waals surface area contributed by atoms with Crippen LogP contribution in [0.1, 0.15) is 61.5 Å². The number of rotatable bonds is 7. The highest BCUT2D eigenvalue weighted by Crippen LogP contribution is 2.40. The molecule has 2 aromatic rings. The Morgan fingerprint density at radius 3 is 2.21 bits per heavy atom. The summed E-state index contributed by atoms with van der Waals surface area (Å²) in [7, 11) is 1.69. The van der Waals surface area contributed by atoms with E-state index in [0.717, 1.165) is 18.9 Å². The fourth-order valence-electron chi connectivity index (χ4n) is 3.32. The van der Waals surface area contributed by atoms with Gasteiger partial charge in [0.15, 0.2) is 0 Å². The first-order valence-corrected chi connectivity index (χ1v) is 10.9. The average molecular weight is 479 g/mol. The van der Waals surface area contributed by atoms with Crippen molar-refractivity contribution < 1.29 is 37.3 Å². The molecule has 1 aliphatic rings. The van der Waals surface area contributed by atoms with Crippen molar-refractivity contribution >= 4 is 17.6 Å². The molecule has 1 amide bonds. The number of amides is 1. The lowest BCUT2D eigenvalue weighted by molar-refractivity contribution is -0.138. The Morgan fingerprint density at radius 1 is 1.06 bits per heavy atom. The third kappa shape index (κ3) is 6.42. The monoisotopic (exact) mass is 479 g/mol. The number of carbonyl (C=O) groups excluding carboxylic acids is 2. The van der Waals surface area contributed by atoms with E-state index in [9.17, 15) is 27.9 Å². The van der Waals surface area contributed by atoms with Gasteiger partial charge in [0, 0.05) is 24.7 Å². The van der Waals surface area contributed by atoms with Crippen LogP contribution in [0, 0.1) is 5.92 Å². The summed E-state index contributed by atoms with van der Waals surface area (Å²) in [4.78, 5) is 26.4. The molecule has 0 bridgehead atoms. The van der Waals surface area contributed by atoms with Crippen LogP contribution in [0.4, 0.5) is 18.9 Å². The van der Waals surface area contributed by atoms with Crippen LogP contribution < -0.4 is 9.64 Å². The van der Waals surface area contributed by atoms with Gasteiger partial charge in [-0.05, 0) is 69.9 Å². The largest absolute Gasteiger partial charge is 0.506 e. The van der Waals surface area contributed by atoms with Crippen LogP contribution in [-0.4, -0.2) is 29.6 Å². The van der Waals surface area contributed by atoms with Gasteiger partial charge in [0.2, 0.25) is 5.91 Å². The standard InChI is InChI=1S/C25H28F3NO5/c1-24(2,3)34-23(32)21-16(7-12-19(22(21)31)25(26,27)28)14-33-18-10-8-17(9-11-18)29(4)20(30)13-15-5-6-15/h7-12,15,31H,5-6,13-14H2,1-4H3. The SMILES string of the molecule is CN(C(=O)CC1CC1)c1ccc(OCc2ccc(C(F)(F)F)c(O)c2C(=O)OC(C)(C)C)cc1. The van der Waals surface area contributed by atoms with E-state index in [2.05, 4.69) is 0 Å². The van der Waals surface area contributed by atoms with Gasteiger partial charge in [-0.3, -0.25) is 4.79 Å². The minimum atomic E-state index is -4.85. The van der Waals surface area contributed by atoms with Gasteiger partial charge in [0.25, 0.3) is 0 Å². The smallest absolute Gasteiger partial charge is 0.419 e. The zero-order valence-electron chi connectivity index (χ0n) is 19.5. The van der Waals surface area contributed by atoms with Crippen molar-refractivity contribution in [2.45, 2.75) is 58.4 Å². The summed E-state index contributed by atoms with van der Waals surface area (Å²) in [6.45, 7) is 4.43. The number of aromatic hydroxyl groups is 1. The van der Waals surface area contributed by atoms with Crippen LogP contribution in [0.15, 0.2) is 36.4 Å². The number of hydrogen-bond acceptors (Lipinski definition) is 5. The number of alkyl halides is 3. The highest BCUT2D eigenvalue weighted by atomic mass is 19.4. The summed E-state index contributed by atoms with van der Waals surface area (Å²) in [5.74, 6) is -1.41. The van der Waals surface area contributed by atoms with Gasteiger partial charge in [-0.25, -0.2) is 4.79 Å². The highest BCUT2D eigenvalue weighted by Gasteiger charge is 2.37. The zero-order valence-corrected chi connectivity index (χ0v) is 19.5. The van der Waals surface area contributed by atoms with Gasteiger partial charge in [0.1, 0.15) is 29.3 Å². The number of carbonyl (C=O) groups is 2. The molecule has 1 fully saturated rings. The molecule has 2 aromatic carbocycles. The van der Waals surface area contributed by atoms with Crippen LogP contribution in [-0.2, 0) is 22.3 Å². The quantitative estimate of drug-likeness (QED) is 0.515. The minimum absolute atomic E-state index is 0.0263. The molecule has 0 aromatic heterocycles. The van der Waals surface area contributed by atoms with Crippen LogP contribution in [0.2, 0.25) is 0 Å². The van der Waals surface area contributed by atoms with Gasteiger partial charge in [-0.1, -0.05) is 6.07 Å². The topological polar surface area (TPSA) is 76.1 Å². The summed E-state index contributed by atoms with van der Waals surface area (Å²) in [5.41, 5.74) is -2.18. The molecular formula is C25H28F3NO5. The van der Waals surface area contributed by atoms with Gasteiger partial charge in [-0.15, -0.1) is 0 Å². The molecule has 0 radical (unpaired) electrons. The molecule has 0 unspecified atom stereocenters. The third-order valence-corrected chi connectivity index (χ3v) is 5.33. The molecule has 3 rings (SSSR count). The van der Waals surface area contributed by atoms with Gasteiger partial charge >= 0.3 is 12.1 Å². The number of hydrogen-bond donors (Lipinski definition) is 1. The first kappa shape index (κ1) is 25.4. The Hall–Kier alpha value is -3.23. The van der Waals surface area contributed by atoms with Crippen molar-refractivity contribution in [2.24, 2.45) is 5.92 Å². The van der Waals surface area contributed by atoms with E-state index in [1.807, 2.05) is 0 Å². The molecule has 1 N–H and O–H groups in total. The number of phenolic OH excluding ortho intramolecular Hbond substituents is 1. The zero-order chi connectivity index (χ0) is 25.3. The highest BCUT2D eigenvalue weighted by molar-refractivity contribution is 5.95. The third-order valence-electron chi connectivity index (χ3n) is 5.33. The predicted octanol–water partition coefficient (Wildman–Crippen LogP) is 5.71. The van der Waals surface area contributed by atoms with E-state index in [1.165, 1.54) is 0 Å². The average Bonchev–Trinajstić information content (AvgIpc) is 3.53. The first-order chi connectivity index (χ1) is 15.8. The van der Waals surface area contributed by atoms with E-state index in [4.69, 9.17) is 9.47 Å². The van der Waals surface area contributed by atoms with Crippen molar-refractivity contribution in [1.29, 1.82) is 0 Å². The fraction of sp³-hybridized carbons (Fsp3) is 0.440. The van der Waals surface area contributed by atoms with Gasteiger partial charge in [0.05, 0.1) is 5.56 Å². The number of halogens is 3. The fourth-order valence-corrected chi connectivity index (χ4v) is 3.32. The molecule has 0 spiro atoms. The van der Waals surface area contributed by atoms with E-state index in [-0.39, 0.29) is 18.1 Å². The lowest BCUT2D eigenvalue weighted by Crippen LogP contribution is -2.26. The van der Waals surface area contributed by atoms with Crippen LogP contribution in [0.3, 0.4) is 0 Å². The summed E-state index contributed by atoms with van der Waals surface area (Å²) in [6, 6.07) is 8.41. The lowest BCUT2D eigenvalue weighted by atomic mass is 10.0. The van der Waals surface area contributed by atoms with E-state index in [0.29, 0.717) is 29.8 Å². The molecular weight excluding hydrogens is 451 g/mol. The van der Waals surface area contributed by atoms with Crippen molar-refractivity contribution in [3.8, 4) is 11.5 Å². The van der Waals surface area contributed by atoms with Crippen molar-refractivity contribution in [3.63, 3.8) is 0 Å². The number of anilines is 1. The van der Waals surface area contributed by atoms with Crippen LogP contribution in [0.5, 0.6) is 11.5 Å². The number of nitrogens with zero attached hydrogens (tertiary/aromatic N) is 1. The Morgan fingerprint density at radius 2 is 1.68 bits per heavy atom. The Bertz CT molecular complexity index is 1050. The minimum Gasteiger partial charge on any atom is -0.506 e. The number of phenols is 1. The van der Waals surface area contributed by atoms with E-state index < -0.39 is 34.6 Å². The molecule has 1 aliphatic carbocycles. The molecule has 0 saturated heterocycles. The summed E-state index contributed by atoms with van der Waals surface area (Å²) in [5, 5.41) is 10.3. The maximum atomic E-state index is 13.3. The number of ether oxygens (including phenoxy) is 2. The molecule has 0 atom stereocenters. The molecule has 9 heteroatoms.